The number of halogens is 1. The lowest BCUT2D eigenvalue weighted by atomic mass is 10.0. The zero-order valence-corrected chi connectivity index (χ0v) is 16.7. The SMILES string of the molecule is COC1CCN(S(=O)(=O)c2ccc(OCC(C)C)cc2)C(CN)C1.Cl. The molecule has 2 atom stereocenters. The molecule has 0 aliphatic carbocycles. The van der Waals surface area contributed by atoms with Gasteiger partial charge in [0.1, 0.15) is 5.75 Å². The molecular weight excluding hydrogens is 364 g/mol. The van der Waals surface area contributed by atoms with Gasteiger partial charge in [0.2, 0.25) is 10.0 Å². The van der Waals surface area contributed by atoms with Crippen LogP contribution in [0.5, 0.6) is 5.75 Å². The summed E-state index contributed by atoms with van der Waals surface area (Å²) < 4.78 is 38.3. The van der Waals surface area contributed by atoms with Gasteiger partial charge in [-0.2, -0.15) is 4.31 Å². The normalized spacial score (nSPS) is 21.8. The van der Waals surface area contributed by atoms with Crippen LogP contribution in [0.25, 0.3) is 0 Å². The van der Waals surface area contributed by atoms with Gasteiger partial charge in [0.25, 0.3) is 0 Å². The maximum absolute atomic E-state index is 12.9. The van der Waals surface area contributed by atoms with E-state index in [9.17, 15) is 8.42 Å². The van der Waals surface area contributed by atoms with Gasteiger partial charge < -0.3 is 15.2 Å². The van der Waals surface area contributed by atoms with E-state index in [1.807, 2.05) is 0 Å². The zero-order chi connectivity index (χ0) is 17.7. The first kappa shape index (κ1) is 22.2. The highest BCUT2D eigenvalue weighted by atomic mass is 35.5. The molecule has 25 heavy (non-hydrogen) atoms. The molecule has 6 nitrogen and oxygen atoms in total. The Kier molecular flexibility index (Phi) is 8.63. The van der Waals surface area contributed by atoms with E-state index in [0.717, 1.165) is 0 Å². The van der Waals surface area contributed by atoms with Gasteiger partial charge in [0, 0.05) is 26.2 Å². The third kappa shape index (κ3) is 5.56. The minimum atomic E-state index is -3.56. The number of hydrogen-bond acceptors (Lipinski definition) is 5. The van der Waals surface area contributed by atoms with Gasteiger partial charge >= 0.3 is 0 Å². The van der Waals surface area contributed by atoms with E-state index in [0.29, 0.717) is 37.7 Å². The van der Waals surface area contributed by atoms with Gasteiger partial charge in [-0.15, -0.1) is 12.4 Å². The number of nitrogens with zero attached hydrogens (tertiary/aromatic N) is 1. The van der Waals surface area contributed by atoms with Crippen molar-refractivity contribution < 1.29 is 17.9 Å². The van der Waals surface area contributed by atoms with Crippen molar-refractivity contribution >= 4 is 22.4 Å². The van der Waals surface area contributed by atoms with Crippen molar-refractivity contribution in [1.29, 1.82) is 0 Å². The molecule has 0 bridgehead atoms. The van der Waals surface area contributed by atoms with Gasteiger partial charge in [-0.25, -0.2) is 8.42 Å². The van der Waals surface area contributed by atoms with Crippen molar-refractivity contribution in [2.75, 3.05) is 26.8 Å². The predicted octanol–water partition coefficient (Wildman–Crippen LogP) is 2.27. The Labute approximate surface area is 157 Å². The lowest BCUT2D eigenvalue weighted by molar-refractivity contribution is 0.0401. The molecule has 0 amide bonds. The minimum Gasteiger partial charge on any atom is -0.493 e. The van der Waals surface area contributed by atoms with Crippen LogP contribution >= 0.6 is 12.4 Å². The van der Waals surface area contributed by atoms with E-state index in [4.69, 9.17) is 15.2 Å². The Morgan fingerprint density at radius 2 is 1.92 bits per heavy atom. The van der Waals surface area contributed by atoms with E-state index >= 15 is 0 Å². The van der Waals surface area contributed by atoms with Crippen LogP contribution in [0.3, 0.4) is 0 Å². The molecule has 1 aromatic rings. The third-order valence-corrected chi connectivity index (χ3v) is 6.20. The fourth-order valence-corrected chi connectivity index (χ4v) is 4.50. The molecule has 1 aliphatic heterocycles. The van der Waals surface area contributed by atoms with Gasteiger partial charge in [-0.3, -0.25) is 0 Å². The second kappa shape index (κ2) is 9.73. The summed E-state index contributed by atoms with van der Waals surface area (Å²) >= 11 is 0. The van der Waals surface area contributed by atoms with Crippen molar-refractivity contribution in [2.45, 2.75) is 43.7 Å². The van der Waals surface area contributed by atoms with Crippen LogP contribution in [0.2, 0.25) is 0 Å². The summed E-state index contributed by atoms with van der Waals surface area (Å²) in [5.41, 5.74) is 5.80. The van der Waals surface area contributed by atoms with Crippen LogP contribution < -0.4 is 10.5 Å². The lowest BCUT2D eigenvalue weighted by Crippen LogP contribution is -2.51. The number of methoxy groups -OCH3 is 1. The highest BCUT2D eigenvalue weighted by Gasteiger charge is 2.36. The molecule has 2 rings (SSSR count). The number of nitrogens with two attached hydrogens (primary N) is 1. The van der Waals surface area contributed by atoms with Crippen LogP contribution in [-0.4, -0.2) is 51.7 Å². The topological polar surface area (TPSA) is 81.9 Å². The van der Waals surface area contributed by atoms with E-state index in [-0.39, 0.29) is 36.0 Å². The number of hydrogen-bond donors (Lipinski definition) is 1. The Morgan fingerprint density at radius 3 is 2.44 bits per heavy atom. The molecule has 0 spiro atoms. The Hall–Kier alpha value is -0.860. The van der Waals surface area contributed by atoms with E-state index in [2.05, 4.69) is 13.8 Å². The average molecular weight is 393 g/mol. The molecule has 2 unspecified atom stereocenters. The first-order valence-electron chi connectivity index (χ1n) is 8.36. The summed E-state index contributed by atoms with van der Waals surface area (Å²) in [6.45, 7) is 5.44. The number of ether oxygens (including phenoxy) is 2. The lowest BCUT2D eigenvalue weighted by Gasteiger charge is -2.37. The minimum absolute atomic E-state index is 0. The first-order valence-corrected chi connectivity index (χ1v) is 9.80. The van der Waals surface area contributed by atoms with Crippen LogP contribution in [0, 0.1) is 5.92 Å². The molecule has 1 aromatic carbocycles. The van der Waals surface area contributed by atoms with Gasteiger partial charge in [0.15, 0.2) is 0 Å². The highest BCUT2D eigenvalue weighted by molar-refractivity contribution is 7.89. The maximum atomic E-state index is 12.9. The maximum Gasteiger partial charge on any atom is 0.243 e. The second-order valence-corrected chi connectivity index (χ2v) is 8.45. The first-order chi connectivity index (χ1) is 11.4. The number of rotatable bonds is 7. The van der Waals surface area contributed by atoms with Crippen molar-refractivity contribution in [2.24, 2.45) is 11.7 Å². The van der Waals surface area contributed by atoms with Crippen molar-refractivity contribution in [3.8, 4) is 5.75 Å². The smallest absolute Gasteiger partial charge is 0.243 e. The monoisotopic (exact) mass is 392 g/mol. The summed E-state index contributed by atoms with van der Waals surface area (Å²) in [6.07, 6.45) is 1.38. The fourth-order valence-electron chi connectivity index (χ4n) is 2.84. The molecule has 2 N–H and O–H groups in total. The predicted molar refractivity (Wildman–Crippen MR) is 101 cm³/mol. The molecule has 1 saturated heterocycles. The largest absolute Gasteiger partial charge is 0.493 e. The zero-order valence-electron chi connectivity index (χ0n) is 15.1. The van der Waals surface area contributed by atoms with E-state index in [1.54, 1.807) is 31.4 Å². The van der Waals surface area contributed by atoms with Gasteiger partial charge in [-0.1, -0.05) is 13.8 Å². The average Bonchev–Trinajstić information content (AvgIpc) is 2.59. The molecule has 0 saturated carbocycles. The van der Waals surface area contributed by atoms with Crippen molar-refractivity contribution in [3.63, 3.8) is 0 Å². The summed E-state index contributed by atoms with van der Waals surface area (Å²) in [7, 11) is -1.91. The van der Waals surface area contributed by atoms with Crippen molar-refractivity contribution in [3.05, 3.63) is 24.3 Å². The molecule has 144 valence electrons. The number of benzene rings is 1. The molecule has 0 radical (unpaired) electrons. The summed E-state index contributed by atoms with van der Waals surface area (Å²) in [4.78, 5) is 0.272. The summed E-state index contributed by atoms with van der Waals surface area (Å²) in [5.74, 6) is 1.09. The Balaban J connectivity index is 0.00000312. The number of sulfonamides is 1. The standard InChI is InChI=1S/C17H28N2O4S.ClH/c1-13(2)12-23-15-4-6-17(7-5-15)24(20,21)19-9-8-16(22-3)10-14(19)11-18;/h4-7,13-14,16H,8-12,18H2,1-3H3;1H. The van der Waals surface area contributed by atoms with Gasteiger partial charge in [-0.05, 0) is 43.0 Å². The van der Waals surface area contributed by atoms with E-state index in [1.165, 1.54) is 4.31 Å². The van der Waals surface area contributed by atoms with Crippen LogP contribution in [0.1, 0.15) is 26.7 Å². The Bertz CT molecular complexity index is 622. The molecular formula is C17H29ClN2O4S. The van der Waals surface area contributed by atoms with E-state index < -0.39 is 10.0 Å². The third-order valence-electron chi connectivity index (χ3n) is 4.23. The molecule has 0 aromatic heterocycles. The number of piperidine rings is 1. The Morgan fingerprint density at radius 1 is 1.28 bits per heavy atom. The van der Waals surface area contributed by atoms with Crippen molar-refractivity contribution in [1.82, 2.24) is 4.31 Å². The van der Waals surface area contributed by atoms with Crippen LogP contribution in [0.4, 0.5) is 0 Å². The highest BCUT2D eigenvalue weighted by Crippen LogP contribution is 2.27. The summed E-state index contributed by atoms with van der Waals surface area (Å²) in [6, 6.07) is 6.37. The summed E-state index contributed by atoms with van der Waals surface area (Å²) in [5, 5.41) is 0. The van der Waals surface area contributed by atoms with Crippen LogP contribution in [-0.2, 0) is 14.8 Å². The van der Waals surface area contributed by atoms with Gasteiger partial charge in [0.05, 0.1) is 17.6 Å². The second-order valence-electron chi connectivity index (χ2n) is 6.56. The quantitative estimate of drug-likeness (QED) is 0.769. The van der Waals surface area contributed by atoms with Crippen LogP contribution in [0.15, 0.2) is 29.2 Å². The fraction of sp³-hybridized carbons (Fsp3) is 0.647. The molecule has 1 heterocycles. The molecule has 8 heteroatoms. The molecule has 1 aliphatic rings. The molecule has 1 fully saturated rings.